The fraction of sp³-hybridized carbons (Fsp3) is 0.480. The van der Waals surface area contributed by atoms with E-state index in [1.807, 2.05) is 49.6 Å². The normalized spacial score (nSPS) is 22.7. The molecule has 34 heavy (non-hydrogen) atoms. The Bertz CT molecular complexity index is 1220. The summed E-state index contributed by atoms with van der Waals surface area (Å²) in [5.74, 6) is 0.392. The number of aromatic nitrogens is 2. The Kier molecular flexibility index (Phi) is 5.59. The molecule has 1 saturated heterocycles. The number of hydrazone groups is 1. The molecule has 2 aliphatic heterocycles. The van der Waals surface area contributed by atoms with Crippen LogP contribution in [-0.4, -0.2) is 73.3 Å². The van der Waals surface area contributed by atoms with E-state index in [9.17, 15) is 4.79 Å². The number of amides is 1. The van der Waals surface area contributed by atoms with Crippen LogP contribution in [0.3, 0.4) is 0 Å². The van der Waals surface area contributed by atoms with E-state index >= 15 is 0 Å². The number of anilines is 1. The van der Waals surface area contributed by atoms with Crippen LogP contribution in [0.5, 0.6) is 0 Å². The highest BCUT2D eigenvalue weighted by atomic mass is 16.5. The van der Waals surface area contributed by atoms with Crippen molar-refractivity contribution >= 4 is 28.2 Å². The number of carbonyl (C=O) groups excluding carboxylic acids is 1. The molecule has 1 fully saturated rings. The highest BCUT2D eigenvalue weighted by molar-refractivity contribution is 6.10. The molecule has 1 atom stereocenters. The van der Waals surface area contributed by atoms with Gasteiger partial charge in [-0.25, -0.2) is 0 Å². The van der Waals surface area contributed by atoms with Crippen molar-refractivity contribution < 1.29 is 9.53 Å². The molecule has 3 heterocycles. The number of piperidine rings is 1. The predicted octanol–water partition coefficient (Wildman–Crippen LogP) is 2.23. The topological polar surface area (TPSA) is 87.0 Å². The number of methoxy groups -OCH3 is 1. The number of hydrogen-bond donors (Lipinski definition) is 2. The second-order valence-electron chi connectivity index (χ2n) is 9.73. The van der Waals surface area contributed by atoms with Gasteiger partial charge in [0.2, 0.25) is 0 Å². The van der Waals surface area contributed by atoms with Gasteiger partial charge < -0.3 is 20.3 Å². The maximum absolute atomic E-state index is 13.5. The molecule has 2 N–H and O–H groups in total. The first-order chi connectivity index (χ1) is 16.3. The van der Waals surface area contributed by atoms with Gasteiger partial charge in [-0.1, -0.05) is 0 Å². The van der Waals surface area contributed by atoms with Crippen LogP contribution < -0.4 is 15.5 Å². The first-order valence-corrected chi connectivity index (χ1v) is 11.8. The molecule has 0 spiro atoms. The van der Waals surface area contributed by atoms with E-state index in [-0.39, 0.29) is 11.3 Å². The average Bonchev–Trinajstić information content (AvgIpc) is 3.34. The number of nitrogens with one attached hydrogen (secondary N) is 2. The number of aryl methyl sites for hydroxylation is 1. The van der Waals surface area contributed by atoms with Crippen molar-refractivity contribution in [2.45, 2.75) is 25.8 Å². The Morgan fingerprint density at radius 3 is 2.79 bits per heavy atom. The van der Waals surface area contributed by atoms with E-state index in [0.717, 1.165) is 49.3 Å². The van der Waals surface area contributed by atoms with Crippen LogP contribution in [0.2, 0.25) is 0 Å². The zero-order chi connectivity index (χ0) is 24.0. The minimum Gasteiger partial charge on any atom is -0.495 e. The van der Waals surface area contributed by atoms with Gasteiger partial charge in [-0.2, -0.15) is 10.2 Å². The molecule has 2 aromatic rings. The number of nitrogens with zero attached hydrogens (tertiary/aromatic N) is 5. The molecule has 1 amide bonds. The second kappa shape index (κ2) is 8.47. The highest BCUT2D eigenvalue weighted by Crippen LogP contribution is 2.36. The summed E-state index contributed by atoms with van der Waals surface area (Å²) in [5, 5.41) is 18.6. The molecular weight excluding hydrogens is 430 g/mol. The summed E-state index contributed by atoms with van der Waals surface area (Å²) in [6.45, 7) is 4.92. The van der Waals surface area contributed by atoms with Crippen molar-refractivity contribution in [3.8, 4) is 0 Å². The quantitative estimate of drug-likeness (QED) is 0.707. The molecular formula is C25H33N7O2. The van der Waals surface area contributed by atoms with Gasteiger partial charge in [0.05, 0.1) is 36.0 Å². The van der Waals surface area contributed by atoms with Gasteiger partial charge in [0.25, 0.3) is 5.91 Å². The lowest BCUT2D eigenvalue weighted by Gasteiger charge is -2.33. The molecule has 1 unspecified atom stereocenters. The summed E-state index contributed by atoms with van der Waals surface area (Å²) in [6, 6.07) is 4.39. The SMILES string of the molecule is COC1=CC2=NN(C)CC2(C)C=C1NC(=O)c1ccc(N(C)C2CCNCC2)c2cn(C)nc12. The number of fused-ring (bicyclic) bond motifs is 2. The van der Waals surface area contributed by atoms with Gasteiger partial charge in [-0.3, -0.25) is 14.5 Å². The van der Waals surface area contributed by atoms with Crippen LogP contribution in [0, 0.1) is 5.41 Å². The summed E-state index contributed by atoms with van der Waals surface area (Å²) in [4.78, 5) is 15.8. The van der Waals surface area contributed by atoms with Crippen molar-refractivity contribution in [3.05, 3.63) is 47.5 Å². The van der Waals surface area contributed by atoms with Crippen LogP contribution in [0.1, 0.15) is 30.1 Å². The van der Waals surface area contributed by atoms with Gasteiger partial charge in [-0.05, 0) is 51.1 Å². The van der Waals surface area contributed by atoms with Crippen LogP contribution in [0.25, 0.3) is 10.9 Å². The zero-order valence-corrected chi connectivity index (χ0v) is 20.6. The Morgan fingerprint density at radius 1 is 1.29 bits per heavy atom. The van der Waals surface area contributed by atoms with E-state index in [2.05, 4.69) is 39.7 Å². The molecule has 3 aliphatic rings. The minimum atomic E-state index is -0.277. The van der Waals surface area contributed by atoms with Gasteiger partial charge >= 0.3 is 0 Å². The third kappa shape index (κ3) is 3.83. The molecule has 5 rings (SSSR count). The average molecular weight is 464 g/mol. The van der Waals surface area contributed by atoms with Crippen LogP contribution in [0.15, 0.2) is 47.0 Å². The summed E-state index contributed by atoms with van der Waals surface area (Å²) in [6.07, 6.45) is 8.14. The van der Waals surface area contributed by atoms with Crippen molar-refractivity contribution in [3.63, 3.8) is 0 Å². The molecule has 0 saturated carbocycles. The smallest absolute Gasteiger partial charge is 0.258 e. The van der Waals surface area contributed by atoms with Gasteiger partial charge in [0.15, 0.2) is 0 Å². The summed E-state index contributed by atoms with van der Waals surface area (Å²) >= 11 is 0. The molecule has 0 radical (unpaired) electrons. The highest BCUT2D eigenvalue weighted by Gasteiger charge is 2.39. The Morgan fingerprint density at radius 2 is 2.06 bits per heavy atom. The van der Waals surface area contributed by atoms with Crippen LogP contribution >= 0.6 is 0 Å². The fourth-order valence-electron chi connectivity index (χ4n) is 5.34. The first-order valence-electron chi connectivity index (χ1n) is 11.8. The number of rotatable bonds is 5. The second-order valence-corrected chi connectivity index (χ2v) is 9.73. The minimum absolute atomic E-state index is 0.204. The summed E-state index contributed by atoms with van der Waals surface area (Å²) in [7, 11) is 7.58. The molecule has 1 aliphatic carbocycles. The Hall–Kier alpha value is -3.33. The summed E-state index contributed by atoms with van der Waals surface area (Å²) < 4.78 is 7.36. The van der Waals surface area contributed by atoms with Gasteiger partial charge in [-0.15, -0.1) is 0 Å². The number of hydrogen-bond acceptors (Lipinski definition) is 7. The molecule has 9 nitrogen and oxygen atoms in total. The van der Waals surface area contributed by atoms with E-state index in [1.54, 1.807) is 11.8 Å². The zero-order valence-electron chi connectivity index (χ0n) is 20.6. The van der Waals surface area contributed by atoms with Crippen molar-refractivity contribution in [1.29, 1.82) is 0 Å². The van der Waals surface area contributed by atoms with Crippen LogP contribution in [-0.2, 0) is 11.8 Å². The van der Waals surface area contributed by atoms with Crippen molar-refractivity contribution in [1.82, 2.24) is 25.4 Å². The standard InChI is InChI=1S/C25H33N7O2/c1-25-13-19(21(34-5)12-22(25)28-31(3)15-25)27-24(33)17-6-7-20(18-14-30(2)29-23(17)18)32(4)16-8-10-26-11-9-16/h6-7,12-14,16,26H,8-11,15H2,1-5H3,(H,27,33). The Balaban J connectivity index is 1.46. The predicted molar refractivity (Wildman–Crippen MR) is 134 cm³/mol. The van der Waals surface area contributed by atoms with Crippen LogP contribution in [0.4, 0.5) is 5.69 Å². The number of benzene rings is 1. The third-order valence-corrected chi connectivity index (χ3v) is 7.13. The number of allylic oxidation sites excluding steroid dienone is 1. The largest absolute Gasteiger partial charge is 0.495 e. The van der Waals surface area contributed by atoms with E-state index in [1.165, 1.54) is 0 Å². The number of ether oxygens (including phenoxy) is 1. The monoisotopic (exact) mass is 463 g/mol. The lowest BCUT2D eigenvalue weighted by molar-refractivity contribution is 0.0963. The van der Waals surface area contributed by atoms with Gasteiger partial charge in [0.1, 0.15) is 11.3 Å². The van der Waals surface area contributed by atoms with Gasteiger partial charge in [0, 0.05) is 50.5 Å². The van der Waals surface area contributed by atoms with E-state index < -0.39 is 0 Å². The molecule has 0 bridgehead atoms. The molecule has 9 heteroatoms. The lowest BCUT2D eigenvalue weighted by atomic mass is 9.81. The van der Waals surface area contributed by atoms with Crippen molar-refractivity contribution in [2.75, 3.05) is 45.7 Å². The van der Waals surface area contributed by atoms with Crippen molar-refractivity contribution in [2.24, 2.45) is 17.6 Å². The fourth-order valence-corrected chi connectivity index (χ4v) is 5.34. The Labute approximate surface area is 200 Å². The first kappa shape index (κ1) is 22.5. The number of carbonyl (C=O) groups is 1. The van der Waals surface area contributed by atoms with E-state index in [0.29, 0.717) is 28.6 Å². The lowest BCUT2D eigenvalue weighted by Crippen LogP contribution is -2.41. The maximum atomic E-state index is 13.5. The molecule has 1 aromatic carbocycles. The molecule has 1 aromatic heterocycles. The third-order valence-electron chi connectivity index (χ3n) is 7.13. The van der Waals surface area contributed by atoms with E-state index in [4.69, 9.17) is 4.74 Å². The maximum Gasteiger partial charge on any atom is 0.258 e. The summed E-state index contributed by atoms with van der Waals surface area (Å²) in [5.41, 5.74) is 3.66. The molecule has 180 valence electrons.